The van der Waals surface area contributed by atoms with E-state index in [0.717, 1.165) is 0 Å². The second kappa shape index (κ2) is 12.7. The first kappa shape index (κ1) is 27.6. The van der Waals surface area contributed by atoms with Gasteiger partial charge < -0.3 is 26.0 Å². The highest BCUT2D eigenvalue weighted by atomic mass is 16.6. The van der Waals surface area contributed by atoms with E-state index in [2.05, 4.69) is 10.6 Å². The van der Waals surface area contributed by atoms with E-state index >= 15 is 0 Å². The van der Waals surface area contributed by atoms with Crippen molar-refractivity contribution in [2.75, 3.05) is 24.5 Å². The van der Waals surface area contributed by atoms with Gasteiger partial charge in [-0.1, -0.05) is 18.2 Å². The Morgan fingerprint density at radius 1 is 1.26 bits per heavy atom. The molecule has 0 aromatic heterocycles. The van der Waals surface area contributed by atoms with E-state index in [1.165, 1.54) is 9.80 Å². The van der Waals surface area contributed by atoms with Gasteiger partial charge in [-0.3, -0.25) is 24.7 Å². The third kappa shape index (κ3) is 8.58. The largest absolute Gasteiger partial charge is 0.444 e. The molecule has 0 saturated carbocycles. The van der Waals surface area contributed by atoms with Crippen LogP contribution in [0.1, 0.15) is 46.5 Å². The van der Waals surface area contributed by atoms with Crippen LogP contribution in [0.4, 0.5) is 10.5 Å². The zero-order chi connectivity index (χ0) is 26.0. The van der Waals surface area contributed by atoms with Crippen LogP contribution in [0.5, 0.6) is 0 Å². The molecule has 191 valence electrons. The van der Waals surface area contributed by atoms with Crippen molar-refractivity contribution in [3.05, 3.63) is 30.3 Å². The number of hydrogen-bond donors (Lipinski definition) is 4. The number of nitrogens with zero attached hydrogens (tertiary/aromatic N) is 2. The summed E-state index contributed by atoms with van der Waals surface area (Å²) >= 11 is 0. The molecule has 35 heavy (non-hydrogen) atoms. The van der Waals surface area contributed by atoms with Crippen LogP contribution < -0.4 is 21.3 Å². The summed E-state index contributed by atoms with van der Waals surface area (Å²) in [5, 5.41) is 12.4. The maximum atomic E-state index is 13.7. The van der Waals surface area contributed by atoms with E-state index in [4.69, 9.17) is 15.9 Å². The first-order chi connectivity index (χ1) is 16.5. The van der Waals surface area contributed by atoms with E-state index in [1.807, 2.05) is 6.29 Å². The molecular weight excluding hydrogens is 452 g/mol. The number of hydrogen-bond acceptors (Lipinski definition) is 6. The third-order valence-corrected chi connectivity index (χ3v) is 5.33. The van der Waals surface area contributed by atoms with Crippen LogP contribution in [0.15, 0.2) is 30.3 Å². The zero-order valence-electron chi connectivity index (χ0n) is 20.5. The Kier molecular flexibility index (Phi) is 10.0. The minimum absolute atomic E-state index is 0.173. The molecule has 2 atom stereocenters. The SMILES string of the molecule is CC(C)(C)OC(=O)NCC(=O)N1CCC[C@H]1C(=O)N(c1ccccc1)[C@H]([C]=O)CCCNC(=N)N. The fraction of sp³-hybridized carbons (Fsp3) is 0.542. The van der Waals surface area contributed by atoms with E-state index in [1.54, 1.807) is 51.1 Å². The first-order valence-electron chi connectivity index (χ1n) is 11.6. The standard InChI is InChI=1S/C24H35N6O5/c1-24(2,3)35-23(34)28-15-20(32)29-14-8-12-19(29)21(33)30(17-9-5-4-6-10-17)18(16-31)11-7-13-27-22(25)26/h4-6,9-10,18-19H,7-8,11-15H2,1-3H3,(H,28,34)(H4,25,26,27)/t18-,19-/m0/s1. The Hall–Kier alpha value is -3.63. The number of carbonyl (C=O) groups excluding carboxylic acids is 4. The summed E-state index contributed by atoms with van der Waals surface area (Å²) in [6.07, 6.45) is 3.09. The highest BCUT2D eigenvalue weighted by Gasteiger charge is 2.39. The molecule has 0 bridgehead atoms. The lowest BCUT2D eigenvalue weighted by atomic mass is 10.1. The lowest BCUT2D eigenvalue weighted by molar-refractivity contribution is -0.136. The summed E-state index contributed by atoms with van der Waals surface area (Å²) in [4.78, 5) is 53.3. The van der Waals surface area contributed by atoms with Crippen LogP contribution in [-0.4, -0.2) is 72.4 Å². The summed E-state index contributed by atoms with van der Waals surface area (Å²) in [5.41, 5.74) is 5.13. The Bertz CT molecular complexity index is 901. The molecule has 5 N–H and O–H groups in total. The Labute approximate surface area is 205 Å². The number of alkyl carbamates (subject to hydrolysis) is 1. The van der Waals surface area contributed by atoms with Crippen molar-refractivity contribution in [2.24, 2.45) is 5.73 Å². The van der Waals surface area contributed by atoms with Crippen molar-refractivity contribution in [1.29, 1.82) is 5.41 Å². The highest BCUT2D eigenvalue weighted by Crippen LogP contribution is 2.25. The van der Waals surface area contributed by atoms with E-state index in [-0.39, 0.29) is 18.4 Å². The number of benzene rings is 1. The van der Waals surface area contributed by atoms with E-state index in [9.17, 15) is 19.2 Å². The Morgan fingerprint density at radius 3 is 2.54 bits per heavy atom. The van der Waals surface area contributed by atoms with Crippen LogP contribution in [0.25, 0.3) is 0 Å². The average molecular weight is 488 g/mol. The number of rotatable bonds is 10. The molecule has 1 aliphatic rings. The van der Waals surface area contributed by atoms with Gasteiger partial charge in [0.15, 0.2) is 5.96 Å². The monoisotopic (exact) mass is 487 g/mol. The van der Waals surface area contributed by atoms with Crippen molar-refractivity contribution in [3.8, 4) is 0 Å². The van der Waals surface area contributed by atoms with Crippen LogP contribution in [0.2, 0.25) is 0 Å². The molecule has 1 fully saturated rings. The predicted octanol–water partition coefficient (Wildman–Crippen LogP) is 1.28. The van der Waals surface area contributed by atoms with Crippen molar-refractivity contribution in [3.63, 3.8) is 0 Å². The van der Waals surface area contributed by atoms with Gasteiger partial charge >= 0.3 is 6.09 Å². The van der Waals surface area contributed by atoms with Gasteiger partial charge in [-0.05, 0) is 58.6 Å². The lowest BCUT2D eigenvalue weighted by Gasteiger charge is -2.33. The molecule has 1 aromatic carbocycles. The van der Waals surface area contributed by atoms with Crippen molar-refractivity contribution in [1.82, 2.24) is 15.5 Å². The number of amides is 3. The Morgan fingerprint density at radius 2 is 1.94 bits per heavy atom. The number of ether oxygens (including phenoxy) is 1. The molecule has 2 rings (SSSR count). The fourth-order valence-electron chi connectivity index (χ4n) is 3.85. The molecule has 0 spiro atoms. The third-order valence-electron chi connectivity index (χ3n) is 5.33. The molecule has 3 amide bonds. The normalized spacial score (nSPS) is 16.2. The van der Waals surface area contributed by atoms with Gasteiger partial charge in [0.2, 0.25) is 18.1 Å². The molecule has 1 aromatic rings. The number of nitrogens with two attached hydrogens (primary N) is 1. The maximum absolute atomic E-state index is 13.7. The molecule has 0 unspecified atom stereocenters. The number of likely N-dealkylation sites (tertiary alicyclic amines) is 1. The molecule has 0 aliphatic carbocycles. The van der Waals surface area contributed by atoms with Crippen LogP contribution in [-0.2, 0) is 19.1 Å². The van der Waals surface area contributed by atoms with Gasteiger partial charge in [0, 0.05) is 18.8 Å². The summed E-state index contributed by atoms with van der Waals surface area (Å²) in [6, 6.07) is 7.12. The van der Waals surface area contributed by atoms with Crippen LogP contribution in [0, 0.1) is 5.41 Å². The second-order valence-corrected chi connectivity index (χ2v) is 9.26. The smallest absolute Gasteiger partial charge is 0.408 e. The van der Waals surface area contributed by atoms with E-state index in [0.29, 0.717) is 44.5 Å². The number of anilines is 1. The van der Waals surface area contributed by atoms with Crippen molar-refractivity contribution in [2.45, 2.75) is 64.1 Å². The topological polar surface area (TPSA) is 158 Å². The summed E-state index contributed by atoms with van der Waals surface area (Å²) < 4.78 is 5.16. The minimum atomic E-state index is -0.879. The number of carbonyl (C=O) groups is 3. The summed E-state index contributed by atoms with van der Waals surface area (Å²) in [5.74, 6) is -0.961. The molecule has 1 saturated heterocycles. The van der Waals surface area contributed by atoms with Crippen LogP contribution >= 0.6 is 0 Å². The summed E-state index contributed by atoms with van der Waals surface area (Å²) in [7, 11) is 0. The molecule has 1 aliphatic heterocycles. The molecule has 1 radical (unpaired) electrons. The second-order valence-electron chi connectivity index (χ2n) is 9.26. The summed E-state index contributed by atoms with van der Waals surface area (Å²) in [6.45, 7) is 5.60. The van der Waals surface area contributed by atoms with Crippen molar-refractivity contribution < 1.29 is 23.9 Å². The van der Waals surface area contributed by atoms with Gasteiger partial charge in [-0.2, -0.15) is 0 Å². The maximum Gasteiger partial charge on any atom is 0.408 e. The molecule has 1 heterocycles. The van der Waals surface area contributed by atoms with Gasteiger partial charge in [-0.15, -0.1) is 0 Å². The average Bonchev–Trinajstić information content (AvgIpc) is 3.28. The minimum Gasteiger partial charge on any atom is -0.444 e. The van der Waals surface area contributed by atoms with Gasteiger partial charge in [0.25, 0.3) is 0 Å². The lowest BCUT2D eigenvalue weighted by Crippen LogP contribution is -2.53. The molecular formula is C24H35N6O5. The highest BCUT2D eigenvalue weighted by molar-refractivity contribution is 6.02. The zero-order valence-corrected chi connectivity index (χ0v) is 20.5. The van der Waals surface area contributed by atoms with Crippen LogP contribution in [0.3, 0.4) is 0 Å². The fourth-order valence-corrected chi connectivity index (χ4v) is 3.85. The number of para-hydroxylation sites is 1. The van der Waals surface area contributed by atoms with E-state index < -0.39 is 29.7 Å². The predicted molar refractivity (Wildman–Crippen MR) is 132 cm³/mol. The number of guanidine groups is 1. The Balaban J connectivity index is 2.15. The molecule has 11 nitrogen and oxygen atoms in total. The van der Waals surface area contributed by atoms with Gasteiger partial charge in [0.05, 0.1) is 0 Å². The number of nitrogens with one attached hydrogen (secondary N) is 3. The van der Waals surface area contributed by atoms with Gasteiger partial charge in [0.1, 0.15) is 24.2 Å². The van der Waals surface area contributed by atoms with Crippen molar-refractivity contribution >= 4 is 35.8 Å². The van der Waals surface area contributed by atoms with Gasteiger partial charge in [-0.25, -0.2) is 4.79 Å². The molecule has 11 heteroatoms. The first-order valence-corrected chi connectivity index (χ1v) is 11.6. The quantitative estimate of drug-likeness (QED) is 0.220.